The molecule has 1 saturated carbocycles. The Hall–Kier alpha value is -1.02. The van der Waals surface area contributed by atoms with Crippen LogP contribution < -0.4 is 4.74 Å². The van der Waals surface area contributed by atoms with Crippen LogP contribution in [0.5, 0.6) is 5.75 Å². The van der Waals surface area contributed by atoms with Gasteiger partial charge in [0, 0.05) is 0 Å². The lowest BCUT2D eigenvalue weighted by Crippen LogP contribution is -2.19. The maximum absolute atomic E-state index is 10.1. The van der Waals surface area contributed by atoms with Gasteiger partial charge in [-0.25, -0.2) is 0 Å². The Morgan fingerprint density at radius 2 is 2.20 bits per heavy atom. The maximum atomic E-state index is 10.1. The van der Waals surface area contributed by atoms with Gasteiger partial charge in [0.25, 0.3) is 0 Å². The molecule has 1 aliphatic rings. The van der Waals surface area contributed by atoms with Gasteiger partial charge in [-0.15, -0.1) is 0 Å². The predicted octanol–water partition coefficient (Wildman–Crippen LogP) is 2.85. The van der Waals surface area contributed by atoms with Crippen molar-refractivity contribution >= 4 is 0 Å². The fourth-order valence-corrected chi connectivity index (χ4v) is 1.49. The minimum absolute atomic E-state index is 0.409. The van der Waals surface area contributed by atoms with Crippen LogP contribution in [0.4, 0.5) is 0 Å². The third kappa shape index (κ3) is 2.51. The molecule has 0 radical (unpaired) electrons. The van der Waals surface area contributed by atoms with E-state index < -0.39 is 5.60 Å². The van der Waals surface area contributed by atoms with Crippen molar-refractivity contribution in [3.63, 3.8) is 0 Å². The zero-order chi connectivity index (χ0) is 10.9. The molecule has 2 nitrogen and oxygen atoms in total. The van der Waals surface area contributed by atoms with E-state index in [9.17, 15) is 5.11 Å². The number of aliphatic hydroxyl groups is 1. The summed E-state index contributed by atoms with van der Waals surface area (Å²) < 4.78 is 5.69. The number of benzene rings is 1. The van der Waals surface area contributed by atoms with Crippen LogP contribution >= 0.6 is 0 Å². The van der Waals surface area contributed by atoms with Gasteiger partial charge in [-0.2, -0.15) is 0 Å². The van der Waals surface area contributed by atoms with E-state index in [0.717, 1.165) is 24.2 Å². The molecule has 1 atom stereocenters. The van der Waals surface area contributed by atoms with Crippen molar-refractivity contribution in [2.75, 3.05) is 0 Å². The average molecular weight is 206 g/mol. The Labute approximate surface area is 90.9 Å². The minimum atomic E-state index is -0.747. The zero-order valence-corrected chi connectivity index (χ0v) is 9.36. The largest absolute Gasteiger partial charge is 0.490 e. The van der Waals surface area contributed by atoms with Gasteiger partial charge in [-0.05, 0) is 43.9 Å². The van der Waals surface area contributed by atoms with E-state index in [1.165, 1.54) is 0 Å². The average Bonchev–Trinajstić information content (AvgIpc) is 3.02. The first-order chi connectivity index (χ1) is 7.12. The third-order valence-corrected chi connectivity index (χ3v) is 2.97. The first kappa shape index (κ1) is 10.5. The van der Waals surface area contributed by atoms with E-state index in [-0.39, 0.29) is 0 Å². The molecule has 0 aliphatic heterocycles. The molecule has 0 amide bonds. The van der Waals surface area contributed by atoms with Gasteiger partial charge in [0.15, 0.2) is 0 Å². The van der Waals surface area contributed by atoms with E-state index in [2.05, 4.69) is 0 Å². The fraction of sp³-hybridized carbons (Fsp3) is 0.538. The first-order valence-electron chi connectivity index (χ1n) is 5.61. The smallest absolute Gasteiger partial charge is 0.120 e. The highest BCUT2D eigenvalue weighted by atomic mass is 16.5. The van der Waals surface area contributed by atoms with Crippen molar-refractivity contribution in [1.29, 1.82) is 0 Å². The topological polar surface area (TPSA) is 29.5 Å². The quantitative estimate of drug-likeness (QED) is 0.820. The summed E-state index contributed by atoms with van der Waals surface area (Å²) in [6.45, 7) is 3.82. The molecule has 15 heavy (non-hydrogen) atoms. The second kappa shape index (κ2) is 3.86. The molecule has 1 aromatic rings. The number of hydrogen-bond acceptors (Lipinski definition) is 2. The lowest BCUT2D eigenvalue weighted by Gasteiger charge is -2.22. The molecular formula is C13H18O2. The van der Waals surface area contributed by atoms with Crippen LogP contribution in [-0.4, -0.2) is 11.2 Å². The highest BCUT2D eigenvalue weighted by molar-refractivity contribution is 5.32. The molecular weight excluding hydrogens is 188 g/mol. The molecule has 0 saturated heterocycles. The van der Waals surface area contributed by atoms with Crippen LogP contribution in [-0.2, 0) is 5.60 Å². The van der Waals surface area contributed by atoms with Crippen molar-refractivity contribution in [3.8, 4) is 5.75 Å². The molecule has 0 heterocycles. The first-order valence-corrected chi connectivity index (χ1v) is 5.61. The Balaban J connectivity index is 2.17. The van der Waals surface area contributed by atoms with E-state index in [1.807, 2.05) is 38.1 Å². The normalized spacial score (nSPS) is 19.7. The van der Waals surface area contributed by atoms with Crippen molar-refractivity contribution in [2.45, 2.75) is 44.8 Å². The standard InChI is InChI=1S/C13H18O2/c1-3-13(2,14)10-5-4-6-12(9-10)15-11-7-8-11/h4-6,9,11,14H,3,7-8H2,1-2H3. The summed E-state index contributed by atoms with van der Waals surface area (Å²) in [4.78, 5) is 0. The summed E-state index contributed by atoms with van der Waals surface area (Å²) in [7, 11) is 0. The summed E-state index contributed by atoms with van der Waals surface area (Å²) in [5.74, 6) is 0.878. The van der Waals surface area contributed by atoms with Crippen molar-refractivity contribution in [1.82, 2.24) is 0 Å². The second-order valence-corrected chi connectivity index (χ2v) is 4.47. The molecule has 1 unspecified atom stereocenters. The monoisotopic (exact) mass is 206 g/mol. The summed E-state index contributed by atoms with van der Waals surface area (Å²) in [5, 5.41) is 10.1. The number of rotatable bonds is 4. The minimum Gasteiger partial charge on any atom is -0.490 e. The molecule has 0 aromatic heterocycles. The van der Waals surface area contributed by atoms with Crippen LogP contribution in [0.15, 0.2) is 24.3 Å². The SMILES string of the molecule is CCC(C)(O)c1cccc(OC2CC2)c1. The molecule has 2 rings (SSSR count). The van der Waals surface area contributed by atoms with Gasteiger partial charge in [0.05, 0.1) is 11.7 Å². The highest BCUT2D eigenvalue weighted by Gasteiger charge is 2.25. The molecule has 1 aromatic carbocycles. The van der Waals surface area contributed by atoms with E-state index in [1.54, 1.807) is 0 Å². The van der Waals surface area contributed by atoms with Crippen molar-refractivity contribution in [2.24, 2.45) is 0 Å². The fourth-order valence-electron chi connectivity index (χ4n) is 1.49. The van der Waals surface area contributed by atoms with Crippen LogP contribution in [0.1, 0.15) is 38.7 Å². The number of ether oxygens (including phenoxy) is 1. The summed E-state index contributed by atoms with van der Waals surface area (Å²) in [6.07, 6.45) is 3.44. The van der Waals surface area contributed by atoms with E-state index in [0.29, 0.717) is 12.5 Å². The van der Waals surface area contributed by atoms with Crippen LogP contribution in [0.3, 0.4) is 0 Å². The van der Waals surface area contributed by atoms with Gasteiger partial charge < -0.3 is 9.84 Å². The molecule has 1 N–H and O–H groups in total. The van der Waals surface area contributed by atoms with Gasteiger partial charge in [0.2, 0.25) is 0 Å². The zero-order valence-electron chi connectivity index (χ0n) is 9.36. The summed E-state index contributed by atoms with van der Waals surface area (Å²) >= 11 is 0. The Morgan fingerprint density at radius 1 is 1.47 bits per heavy atom. The van der Waals surface area contributed by atoms with Crippen LogP contribution in [0.25, 0.3) is 0 Å². The molecule has 2 heteroatoms. The van der Waals surface area contributed by atoms with Crippen molar-refractivity contribution in [3.05, 3.63) is 29.8 Å². The van der Waals surface area contributed by atoms with E-state index >= 15 is 0 Å². The van der Waals surface area contributed by atoms with Gasteiger partial charge >= 0.3 is 0 Å². The second-order valence-electron chi connectivity index (χ2n) is 4.47. The maximum Gasteiger partial charge on any atom is 0.120 e. The summed E-state index contributed by atoms with van der Waals surface area (Å²) in [6, 6.07) is 7.79. The van der Waals surface area contributed by atoms with Crippen LogP contribution in [0.2, 0.25) is 0 Å². The molecule has 1 fully saturated rings. The lowest BCUT2D eigenvalue weighted by molar-refractivity contribution is 0.0527. The number of hydrogen-bond donors (Lipinski definition) is 1. The third-order valence-electron chi connectivity index (χ3n) is 2.97. The molecule has 0 bridgehead atoms. The predicted molar refractivity (Wildman–Crippen MR) is 60.0 cm³/mol. The lowest BCUT2D eigenvalue weighted by atomic mass is 9.93. The van der Waals surface area contributed by atoms with Gasteiger partial charge in [0.1, 0.15) is 5.75 Å². The summed E-state index contributed by atoms with van der Waals surface area (Å²) in [5.41, 5.74) is 0.186. The Kier molecular flexibility index (Phi) is 2.70. The Morgan fingerprint density at radius 3 is 2.80 bits per heavy atom. The van der Waals surface area contributed by atoms with E-state index in [4.69, 9.17) is 4.74 Å². The molecule has 82 valence electrons. The van der Waals surface area contributed by atoms with Crippen LogP contribution in [0, 0.1) is 0 Å². The molecule has 1 aliphatic carbocycles. The molecule has 0 spiro atoms. The van der Waals surface area contributed by atoms with Gasteiger partial charge in [-0.1, -0.05) is 19.1 Å². The van der Waals surface area contributed by atoms with Crippen molar-refractivity contribution < 1.29 is 9.84 Å². The highest BCUT2D eigenvalue weighted by Crippen LogP contribution is 2.30. The van der Waals surface area contributed by atoms with Gasteiger partial charge in [-0.3, -0.25) is 0 Å². The Bertz CT molecular complexity index is 340.